The third kappa shape index (κ3) is 4.58. The molecule has 7 nitrogen and oxygen atoms in total. The molecular formula is C20H21N5O2. The van der Waals surface area contributed by atoms with Crippen LogP contribution < -0.4 is 10.6 Å². The number of nitrogens with one attached hydrogen (secondary N) is 2. The fourth-order valence-corrected chi connectivity index (χ4v) is 2.72. The standard InChI is InChI=1S/C20H21N5O2/c1-14-5-3-4-6-18(14)20(27)22-11-19(26)24-15(2)16-7-9-17(10-8-16)25-13-21-12-23-25/h3-10,12-13,15H,11H2,1-2H3,(H,22,27)(H,24,26). The number of aromatic nitrogens is 3. The Kier molecular flexibility index (Phi) is 5.61. The molecule has 0 aliphatic rings. The highest BCUT2D eigenvalue weighted by Gasteiger charge is 2.13. The molecule has 0 aliphatic carbocycles. The predicted molar refractivity (Wildman–Crippen MR) is 101 cm³/mol. The lowest BCUT2D eigenvalue weighted by atomic mass is 10.1. The molecule has 0 radical (unpaired) electrons. The van der Waals surface area contributed by atoms with E-state index in [4.69, 9.17) is 0 Å². The van der Waals surface area contributed by atoms with Gasteiger partial charge in [-0.25, -0.2) is 9.67 Å². The van der Waals surface area contributed by atoms with Gasteiger partial charge in [-0.05, 0) is 43.2 Å². The first-order valence-electron chi connectivity index (χ1n) is 8.63. The van der Waals surface area contributed by atoms with E-state index in [0.717, 1.165) is 16.8 Å². The molecule has 2 amide bonds. The Morgan fingerprint density at radius 1 is 1.11 bits per heavy atom. The van der Waals surface area contributed by atoms with Crippen LogP contribution in [0.1, 0.15) is 34.5 Å². The average molecular weight is 363 g/mol. The number of carbonyl (C=O) groups is 2. The van der Waals surface area contributed by atoms with Crippen molar-refractivity contribution in [2.75, 3.05) is 6.54 Å². The van der Waals surface area contributed by atoms with E-state index in [1.165, 1.54) is 6.33 Å². The van der Waals surface area contributed by atoms with Crippen molar-refractivity contribution < 1.29 is 9.59 Å². The van der Waals surface area contributed by atoms with Crippen LogP contribution in [0.4, 0.5) is 0 Å². The second kappa shape index (κ2) is 8.27. The molecule has 138 valence electrons. The van der Waals surface area contributed by atoms with Gasteiger partial charge in [0.05, 0.1) is 18.3 Å². The van der Waals surface area contributed by atoms with Crippen LogP contribution in [0.15, 0.2) is 61.2 Å². The summed E-state index contributed by atoms with van der Waals surface area (Å²) in [5, 5.41) is 9.61. The molecule has 3 rings (SSSR count). The Balaban J connectivity index is 1.53. The zero-order valence-electron chi connectivity index (χ0n) is 15.2. The maximum absolute atomic E-state index is 12.2. The number of rotatable bonds is 6. The normalized spacial score (nSPS) is 11.6. The van der Waals surface area contributed by atoms with E-state index in [0.29, 0.717) is 5.56 Å². The Hall–Kier alpha value is -3.48. The molecule has 2 aromatic carbocycles. The van der Waals surface area contributed by atoms with E-state index in [-0.39, 0.29) is 24.4 Å². The van der Waals surface area contributed by atoms with Crippen LogP contribution in [0.2, 0.25) is 0 Å². The Morgan fingerprint density at radius 2 is 1.85 bits per heavy atom. The highest BCUT2D eigenvalue weighted by molar-refractivity contribution is 5.97. The van der Waals surface area contributed by atoms with Crippen molar-refractivity contribution in [1.29, 1.82) is 0 Å². The van der Waals surface area contributed by atoms with Crippen LogP contribution in [0.3, 0.4) is 0 Å². The van der Waals surface area contributed by atoms with Crippen LogP contribution >= 0.6 is 0 Å². The van der Waals surface area contributed by atoms with Gasteiger partial charge in [-0.1, -0.05) is 30.3 Å². The van der Waals surface area contributed by atoms with Crippen molar-refractivity contribution in [3.05, 3.63) is 77.9 Å². The largest absolute Gasteiger partial charge is 0.348 e. The van der Waals surface area contributed by atoms with Gasteiger partial charge in [0.2, 0.25) is 5.91 Å². The van der Waals surface area contributed by atoms with Crippen LogP contribution in [0.5, 0.6) is 0 Å². The SMILES string of the molecule is Cc1ccccc1C(=O)NCC(=O)NC(C)c1ccc(-n2cncn2)cc1. The van der Waals surface area contributed by atoms with Crippen LogP contribution in [-0.4, -0.2) is 33.1 Å². The van der Waals surface area contributed by atoms with Gasteiger partial charge in [0.15, 0.2) is 0 Å². The second-order valence-corrected chi connectivity index (χ2v) is 6.22. The lowest BCUT2D eigenvalue weighted by molar-refractivity contribution is -0.120. The second-order valence-electron chi connectivity index (χ2n) is 6.22. The van der Waals surface area contributed by atoms with E-state index in [1.807, 2.05) is 50.2 Å². The Labute approximate surface area is 157 Å². The van der Waals surface area contributed by atoms with Crippen molar-refractivity contribution >= 4 is 11.8 Å². The molecule has 3 aromatic rings. The van der Waals surface area contributed by atoms with Crippen LogP contribution in [0.25, 0.3) is 5.69 Å². The van der Waals surface area contributed by atoms with Gasteiger partial charge in [0.25, 0.3) is 5.91 Å². The molecule has 1 atom stereocenters. The van der Waals surface area contributed by atoms with Crippen LogP contribution in [-0.2, 0) is 4.79 Å². The molecule has 0 aliphatic heterocycles. The van der Waals surface area contributed by atoms with Gasteiger partial charge in [-0.15, -0.1) is 0 Å². The number of aryl methyl sites for hydroxylation is 1. The minimum absolute atomic E-state index is 0.0749. The van der Waals surface area contributed by atoms with Crippen molar-refractivity contribution in [2.24, 2.45) is 0 Å². The molecule has 0 bridgehead atoms. The number of nitrogens with zero attached hydrogens (tertiary/aromatic N) is 3. The third-order valence-corrected chi connectivity index (χ3v) is 4.25. The Bertz CT molecular complexity index is 920. The van der Waals surface area contributed by atoms with Gasteiger partial charge in [0, 0.05) is 5.56 Å². The number of hydrogen-bond acceptors (Lipinski definition) is 4. The van der Waals surface area contributed by atoms with Gasteiger partial charge in [0.1, 0.15) is 12.7 Å². The zero-order chi connectivity index (χ0) is 19.2. The summed E-state index contributed by atoms with van der Waals surface area (Å²) in [5.41, 5.74) is 3.29. The first-order chi connectivity index (χ1) is 13.0. The fraction of sp³-hybridized carbons (Fsp3) is 0.200. The minimum atomic E-state index is -0.256. The van der Waals surface area contributed by atoms with E-state index in [2.05, 4.69) is 20.7 Å². The summed E-state index contributed by atoms with van der Waals surface area (Å²) in [6.07, 6.45) is 3.10. The smallest absolute Gasteiger partial charge is 0.251 e. The summed E-state index contributed by atoms with van der Waals surface area (Å²) in [6.45, 7) is 3.68. The number of hydrogen-bond donors (Lipinski definition) is 2. The molecule has 0 fully saturated rings. The van der Waals surface area contributed by atoms with E-state index in [9.17, 15) is 9.59 Å². The molecule has 27 heavy (non-hydrogen) atoms. The quantitative estimate of drug-likeness (QED) is 0.703. The third-order valence-electron chi connectivity index (χ3n) is 4.25. The summed E-state index contributed by atoms with van der Waals surface area (Å²) in [5.74, 6) is -0.502. The van der Waals surface area contributed by atoms with E-state index in [1.54, 1.807) is 23.1 Å². The number of benzene rings is 2. The number of carbonyl (C=O) groups excluding carboxylic acids is 2. The van der Waals surface area contributed by atoms with Crippen molar-refractivity contribution in [3.8, 4) is 5.69 Å². The van der Waals surface area contributed by atoms with Crippen LogP contribution in [0, 0.1) is 6.92 Å². The summed E-state index contributed by atoms with van der Waals surface area (Å²) >= 11 is 0. The molecular weight excluding hydrogens is 342 g/mol. The maximum Gasteiger partial charge on any atom is 0.251 e. The molecule has 0 spiro atoms. The maximum atomic E-state index is 12.2. The summed E-state index contributed by atoms with van der Waals surface area (Å²) < 4.78 is 1.66. The summed E-state index contributed by atoms with van der Waals surface area (Å²) in [4.78, 5) is 28.2. The topological polar surface area (TPSA) is 88.9 Å². The van der Waals surface area contributed by atoms with E-state index < -0.39 is 0 Å². The van der Waals surface area contributed by atoms with Crippen molar-refractivity contribution in [1.82, 2.24) is 25.4 Å². The first kappa shape index (κ1) is 18.3. The highest BCUT2D eigenvalue weighted by atomic mass is 16.2. The van der Waals surface area contributed by atoms with E-state index >= 15 is 0 Å². The van der Waals surface area contributed by atoms with Gasteiger partial charge >= 0.3 is 0 Å². The van der Waals surface area contributed by atoms with Gasteiger partial charge < -0.3 is 10.6 Å². The molecule has 1 aromatic heterocycles. The summed E-state index contributed by atoms with van der Waals surface area (Å²) in [6, 6.07) is 14.8. The lowest BCUT2D eigenvalue weighted by Gasteiger charge is -2.15. The molecule has 1 heterocycles. The predicted octanol–water partition coefficient (Wildman–Crippen LogP) is 2.18. The molecule has 7 heteroatoms. The minimum Gasteiger partial charge on any atom is -0.348 e. The van der Waals surface area contributed by atoms with Gasteiger partial charge in [-0.3, -0.25) is 9.59 Å². The molecule has 2 N–H and O–H groups in total. The molecule has 0 saturated heterocycles. The Morgan fingerprint density at radius 3 is 2.52 bits per heavy atom. The van der Waals surface area contributed by atoms with Crippen molar-refractivity contribution in [3.63, 3.8) is 0 Å². The lowest BCUT2D eigenvalue weighted by Crippen LogP contribution is -2.38. The highest BCUT2D eigenvalue weighted by Crippen LogP contribution is 2.15. The average Bonchev–Trinajstić information content (AvgIpc) is 3.21. The monoisotopic (exact) mass is 363 g/mol. The molecule has 0 saturated carbocycles. The zero-order valence-corrected chi connectivity index (χ0v) is 15.2. The van der Waals surface area contributed by atoms with Gasteiger partial charge in [-0.2, -0.15) is 5.10 Å². The summed E-state index contributed by atoms with van der Waals surface area (Å²) in [7, 11) is 0. The number of amides is 2. The first-order valence-corrected chi connectivity index (χ1v) is 8.63. The molecule has 1 unspecified atom stereocenters. The fourth-order valence-electron chi connectivity index (χ4n) is 2.72. The van der Waals surface area contributed by atoms with Crippen molar-refractivity contribution in [2.45, 2.75) is 19.9 Å².